The highest BCUT2D eigenvalue weighted by atomic mass is 32.2. The van der Waals surface area contributed by atoms with E-state index >= 15 is 0 Å². The van der Waals surface area contributed by atoms with Gasteiger partial charge in [-0.05, 0) is 54.8 Å². The number of thiophene rings is 1. The second kappa shape index (κ2) is 7.75. The maximum atomic E-state index is 12.6. The van der Waals surface area contributed by atoms with E-state index in [2.05, 4.69) is 10.1 Å². The van der Waals surface area contributed by atoms with Crippen molar-refractivity contribution in [3.05, 3.63) is 47.7 Å². The minimum atomic E-state index is -3.39. The van der Waals surface area contributed by atoms with Crippen LogP contribution in [0.1, 0.15) is 24.7 Å². The molecule has 0 N–H and O–H groups in total. The van der Waals surface area contributed by atoms with Crippen molar-refractivity contribution >= 4 is 33.1 Å². The van der Waals surface area contributed by atoms with Crippen LogP contribution in [0, 0.1) is 0 Å². The highest BCUT2D eigenvalue weighted by molar-refractivity contribution is 7.98. The van der Waals surface area contributed by atoms with E-state index < -0.39 is 10.0 Å². The lowest BCUT2D eigenvalue weighted by Gasteiger charge is -2.29. The number of hydrogen-bond acceptors (Lipinski definition) is 7. The van der Waals surface area contributed by atoms with Crippen molar-refractivity contribution in [3.63, 3.8) is 0 Å². The fourth-order valence-electron chi connectivity index (χ4n) is 3.14. The van der Waals surface area contributed by atoms with Gasteiger partial charge in [0.2, 0.25) is 11.7 Å². The Balaban J connectivity index is 1.44. The Labute approximate surface area is 166 Å². The van der Waals surface area contributed by atoms with Gasteiger partial charge >= 0.3 is 0 Å². The molecule has 1 aliphatic heterocycles. The molecule has 0 atom stereocenters. The number of aromatic nitrogens is 2. The van der Waals surface area contributed by atoms with E-state index in [1.807, 2.05) is 30.5 Å². The number of rotatable bonds is 5. The van der Waals surface area contributed by atoms with E-state index in [4.69, 9.17) is 4.52 Å². The molecule has 9 heteroatoms. The second-order valence-corrected chi connectivity index (χ2v) is 10.3. The molecule has 27 heavy (non-hydrogen) atoms. The van der Waals surface area contributed by atoms with Gasteiger partial charge in [0.05, 0.1) is 0 Å². The van der Waals surface area contributed by atoms with Gasteiger partial charge in [-0.3, -0.25) is 0 Å². The van der Waals surface area contributed by atoms with Crippen LogP contribution in [0.15, 0.2) is 55.4 Å². The van der Waals surface area contributed by atoms with Crippen molar-refractivity contribution in [2.75, 3.05) is 19.3 Å². The number of nitrogens with zero attached hydrogens (tertiary/aromatic N) is 3. The van der Waals surface area contributed by atoms with Crippen LogP contribution in [0.2, 0.25) is 0 Å². The van der Waals surface area contributed by atoms with E-state index in [0.29, 0.717) is 41.9 Å². The molecular formula is C18H19N3O3S3. The fraction of sp³-hybridized carbons (Fsp3) is 0.333. The van der Waals surface area contributed by atoms with Crippen molar-refractivity contribution < 1.29 is 12.9 Å². The lowest BCUT2D eigenvalue weighted by molar-refractivity contribution is 0.271. The molecule has 1 fully saturated rings. The molecule has 3 heterocycles. The summed E-state index contributed by atoms with van der Waals surface area (Å²) in [4.78, 5) is 5.73. The Morgan fingerprint density at radius 3 is 2.56 bits per heavy atom. The Hall–Kier alpha value is -1.68. The minimum Gasteiger partial charge on any atom is -0.339 e. The summed E-state index contributed by atoms with van der Waals surface area (Å²) in [5.41, 5.74) is 0.917. The minimum absolute atomic E-state index is 0.0894. The van der Waals surface area contributed by atoms with Crippen LogP contribution in [-0.2, 0) is 10.0 Å². The van der Waals surface area contributed by atoms with Crippen molar-refractivity contribution in [1.82, 2.24) is 14.4 Å². The predicted octanol–water partition coefficient (Wildman–Crippen LogP) is 4.09. The van der Waals surface area contributed by atoms with Crippen LogP contribution >= 0.6 is 23.1 Å². The average Bonchev–Trinajstić information content (AvgIpc) is 3.41. The second-order valence-electron chi connectivity index (χ2n) is 6.30. The first kappa shape index (κ1) is 18.7. The molecule has 4 rings (SSSR count). The van der Waals surface area contributed by atoms with Crippen LogP contribution in [0.25, 0.3) is 11.4 Å². The third-order valence-corrected chi connectivity index (χ3v) is 8.70. The van der Waals surface area contributed by atoms with E-state index in [1.54, 1.807) is 33.6 Å². The maximum Gasteiger partial charge on any atom is 0.252 e. The van der Waals surface area contributed by atoms with Gasteiger partial charge in [-0.2, -0.15) is 9.29 Å². The number of thioether (sulfide) groups is 1. The molecule has 0 radical (unpaired) electrons. The normalized spacial score (nSPS) is 16.6. The van der Waals surface area contributed by atoms with Crippen LogP contribution in [0.5, 0.6) is 0 Å². The molecule has 0 unspecified atom stereocenters. The number of piperidine rings is 1. The Bertz CT molecular complexity index is 990. The molecule has 0 saturated carbocycles. The zero-order chi connectivity index (χ0) is 18.9. The average molecular weight is 422 g/mol. The van der Waals surface area contributed by atoms with Gasteiger partial charge in [-0.25, -0.2) is 8.42 Å². The van der Waals surface area contributed by atoms with Gasteiger partial charge in [0.15, 0.2) is 0 Å². The van der Waals surface area contributed by atoms with Crippen LogP contribution < -0.4 is 0 Å². The molecule has 0 aliphatic carbocycles. The summed E-state index contributed by atoms with van der Waals surface area (Å²) >= 11 is 2.94. The molecule has 6 nitrogen and oxygen atoms in total. The van der Waals surface area contributed by atoms with Gasteiger partial charge in [0.25, 0.3) is 10.0 Å². The quantitative estimate of drug-likeness (QED) is 0.578. The van der Waals surface area contributed by atoms with E-state index in [9.17, 15) is 8.42 Å². The lowest BCUT2D eigenvalue weighted by atomic mass is 9.98. The molecule has 0 spiro atoms. The topological polar surface area (TPSA) is 76.3 Å². The van der Waals surface area contributed by atoms with Crippen LogP contribution in [-0.4, -0.2) is 42.2 Å². The smallest absolute Gasteiger partial charge is 0.252 e. The summed E-state index contributed by atoms with van der Waals surface area (Å²) in [6.07, 6.45) is 3.39. The maximum absolute atomic E-state index is 12.6. The molecule has 2 aromatic heterocycles. The summed E-state index contributed by atoms with van der Waals surface area (Å²) in [6.45, 7) is 0.927. The summed E-state index contributed by atoms with van der Waals surface area (Å²) in [5, 5.41) is 5.89. The zero-order valence-corrected chi connectivity index (χ0v) is 17.2. The molecule has 3 aromatic rings. The third-order valence-electron chi connectivity index (χ3n) is 4.68. The lowest BCUT2D eigenvalue weighted by Crippen LogP contribution is -2.37. The van der Waals surface area contributed by atoms with E-state index in [-0.39, 0.29) is 5.92 Å². The third kappa shape index (κ3) is 3.82. The van der Waals surface area contributed by atoms with Gasteiger partial charge in [0.1, 0.15) is 4.21 Å². The Morgan fingerprint density at radius 2 is 1.93 bits per heavy atom. The van der Waals surface area contributed by atoms with Gasteiger partial charge in [-0.1, -0.05) is 11.2 Å². The summed E-state index contributed by atoms with van der Waals surface area (Å²) in [5.74, 6) is 1.25. The van der Waals surface area contributed by atoms with E-state index in [1.165, 1.54) is 16.2 Å². The molecule has 0 bridgehead atoms. The van der Waals surface area contributed by atoms with Crippen molar-refractivity contribution in [2.24, 2.45) is 0 Å². The molecule has 1 aliphatic rings. The van der Waals surface area contributed by atoms with Crippen molar-refractivity contribution in [2.45, 2.75) is 27.9 Å². The molecule has 1 aromatic carbocycles. The van der Waals surface area contributed by atoms with Gasteiger partial charge in [-0.15, -0.1) is 23.1 Å². The monoisotopic (exact) mass is 421 g/mol. The van der Waals surface area contributed by atoms with Crippen molar-refractivity contribution in [1.29, 1.82) is 0 Å². The first-order valence-electron chi connectivity index (χ1n) is 8.59. The van der Waals surface area contributed by atoms with Crippen molar-refractivity contribution in [3.8, 4) is 11.4 Å². The van der Waals surface area contributed by atoms with Crippen LogP contribution in [0.3, 0.4) is 0 Å². The fourth-order valence-corrected chi connectivity index (χ4v) is 6.16. The standard InChI is InChI=1S/C18H19N3O3S3/c1-25-15-6-4-13(5-7-15)17-19-18(24-20-17)14-8-10-21(11-9-14)27(22,23)16-3-2-12-26-16/h2-7,12,14H,8-11H2,1H3. The zero-order valence-electron chi connectivity index (χ0n) is 14.7. The SMILES string of the molecule is CSc1ccc(-c2noc(C3CCN(S(=O)(=O)c4cccs4)CC3)n2)cc1. The van der Waals surface area contributed by atoms with Crippen LogP contribution in [0.4, 0.5) is 0 Å². The first-order chi connectivity index (χ1) is 13.1. The first-order valence-corrected chi connectivity index (χ1v) is 12.1. The summed E-state index contributed by atoms with van der Waals surface area (Å²) in [6, 6.07) is 11.4. The molecule has 142 valence electrons. The highest BCUT2D eigenvalue weighted by Gasteiger charge is 2.32. The Morgan fingerprint density at radius 1 is 1.19 bits per heavy atom. The Kier molecular flexibility index (Phi) is 5.36. The number of benzene rings is 1. The number of hydrogen-bond donors (Lipinski definition) is 0. The van der Waals surface area contributed by atoms with Gasteiger partial charge < -0.3 is 4.52 Å². The summed E-state index contributed by atoms with van der Waals surface area (Å²) in [7, 11) is -3.39. The molecule has 1 saturated heterocycles. The van der Waals surface area contributed by atoms with Gasteiger partial charge in [0, 0.05) is 29.5 Å². The molecular weight excluding hydrogens is 402 g/mol. The number of sulfonamides is 1. The molecule has 0 amide bonds. The summed E-state index contributed by atoms with van der Waals surface area (Å²) < 4.78 is 32.7. The largest absolute Gasteiger partial charge is 0.339 e. The van der Waals surface area contributed by atoms with E-state index in [0.717, 1.165) is 5.56 Å². The highest BCUT2D eigenvalue weighted by Crippen LogP contribution is 2.32. The predicted molar refractivity (Wildman–Crippen MR) is 107 cm³/mol.